The average Bonchev–Trinajstić information content (AvgIpc) is 3.30. The van der Waals surface area contributed by atoms with Crippen molar-refractivity contribution in [3.05, 3.63) is 53.3 Å². The number of hydrogen-bond donors (Lipinski definition) is 2. The van der Waals surface area contributed by atoms with Crippen LogP contribution in [0.3, 0.4) is 0 Å². The number of nitrogens with zero attached hydrogens (tertiary/aromatic N) is 3. The lowest BCUT2D eigenvalue weighted by Crippen LogP contribution is -2.72. The van der Waals surface area contributed by atoms with Crippen molar-refractivity contribution in [1.29, 1.82) is 0 Å². The molecule has 4 heterocycles. The third-order valence-electron chi connectivity index (χ3n) is 6.88. The van der Waals surface area contributed by atoms with Crippen LogP contribution in [-0.4, -0.2) is 45.0 Å². The summed E-state index contributed by atoms with van der Waals surface area (Å²) in [5, 5.41) is 8.59. The molecule has 1 saturated carbocycles. The van der Waals surface area contributed by atoms with Crippen LogP contribution in [0.15, 0.2) is 42.0 Å². The predicted molar refractivity (Wildman–Crippen MR) is 125 cm³/mol. The van der Waals surface area contributed by atoms with Crippen LogP contribution in [-0.2, 0) is 17.9 Å². The fraction of sp³-hybridized carbons (Fsp3) is 0.458. The molecule has 1 atom stereocenters. The summed E-state index contributed by atoms with van der Waals surface area (Å²) in [5.41, 5.74) is 1.34. The van der Waals surface area contributed by atoms with Crippen molar-refractivity contribution in [1.82, 2.24) is 25.1 Å². The molecule has 3 aromatic rings. The maximum atomic E-state index is 13.9. The van der Waals surface area contributed by atoms with Crippen molar-refractivity contribution in [3.63, 3.8) is 0 Å². The van der Waals surface area contributed by atoms with Crippen molar-refractivity contribution < 1.29 is 9.59 Å². The fourth-order valence-electron chi connectivity index (χ4n) is 5.08. The Labute approximate surface area is 191 Å². The van der Waals surface area contributed by atoms with Crippen molar-refractivity contribution in [2.75, 3.05) is 7.05 Å². The molecule has 0 saturated heterocycles. The van der Waals surface area contributed by atoms with Gasteiger partial charge in [0.25, 0.3) is 11.8 Å². The van der Waals surface area contributed by atoms with Crippen molar-refractivity contribution in [3.8, 4) is 0 Å². The highest BCUT2D eigenvalue weighted by Crippen LogP contribution is 2.34. The van der Waals surface area contributed by atoms with Gasteiger partial charge < -0.3 is 14.8 Å². The molecule has 0 spiro atoms. The number of aromatic nitrogens is 2. The maximum absolute atomic E-state index is 13.9. The lowest BCUT2D eigenvalue weighted by atomic mass is 9.99. The van der Waals surface area contributed by atoms with Crippen LogP contribution in [0.25, 0.3) is 10.2 Å². The van der Waals surface area contributed by atoms with Gasteiger partial charge in [-0.05, 0) is 49.0 Å². The van der Waals surface area contributed by atoms with Crippen LogP contribution in [0.1, 0.15) is 54.6 Å². The molecule has 0 aromatic carbocycles. The van der Waals surface area contributed by atoms with Gasteiger partial charge in [-0.25, -0.2) is 0 Å². The first-order chi connectivity index (χ1) is 15.6. The number of fused-ring (bicyclic) bond motifs is 3. The molecule has 2 amide bonds. The molecule has 8 heteroatoms. The van der Waals surface area contributed by atoms with Gasteiger partial charge in [0.2, 0.25) is 0 Å². The van der Waals surface area contributed by atoms with Gasteiger partial charge in [-0.15, -0.1) is 11.3 Å². The SMILES string of the molecule is CNC1(C(=O)NC2CCCCCC2)Cn2c(cc3sccc32)C(=O)N1Cc1cccnc1. The van der Waals surface area contributed by atoms with E-state index in [1.165, 1.54) is 12.8 Å². The summed E-state index contributed by atoms with van der Waals surface area (Å²) in [7, 11) is 1.77. The predicted octanol–water partition coefficient (Wildman–Crippen LogP) is 3.51. The summed E-state index contributed by atoms with van der Waals surface area (Å²) in [6.07, 6.45) is 10.2. The van der Waals surface area contributed by atoms with E-state index in [-0.39, 0.29) is 17.9 Å². The lowest BCUT2D eigenvalue weighted by Gasteiger charge is -2.46. The van der Waals surface area contributed by atoms with Gasteiger partial charge in [0, 0.05) is 25.0 Å². The molecule has 0 bridgehead atoms. The molecule has 2 N–H and O–H groups in total. The van der Waals surface area contributed by atoms with Crippen LogP contribution in [0.4, 0.5) is 0 Å². The Morgan fingerprint density at radius 3 is 2.78 bits per heavy atom. The van der Waals surface area contributed by atoms with Crippen LogP contribution in [0.2, 0.25) is 0 Å². The minimum atomic E-state index is -1.18. The molecule has 7 nitrogen and oxygen atoms in total. The lowest BCUT2D eigenvalue weighted by molar-refractivity contribution is -0.137. The highest BCUT2D eigenvalue weighted by Gasteiger charge is 2.50. The summed E-state index contributed by atoms with van der Waals surface area (Å²) >= 11 is 1.61. The third-order valence-corrected chi connectivity index (χ3v) is 7.73. The number of rotatable bonds is 5. The van der Waals surface area contributed by atoms with E-state index < -0.39 is 5.66 Å². The molecule has 1 fully saturated rings. The van der Waals surface area contributed by atoms with Gasteiger partial charge in [0.1, 0.15) is 5.69 Å². The number of amides is 2. The van der Waals surface area contributed by atoms with Gasteiger partial charge in [-0.1, -0.05) is 31.7 Å². The van der Waals surface area contributed by atoms with Crippen molar-refractivity contribution >= 4 is 33.4 Å². The fourth-order valence-corrected chi connectivity index (χ4v) is 5.90. The molecule has 32 heavy (non-hydrogen) atoms. The molecule has 1 aliphatic carbocycles. The summed E-state index contributed by atoms with van der Waals surface area (Å²) < 4.78 is 3.06. The van der Waals surface area contributed by atoms with E-state index in [0.717, 1.165) is 41.5 Å². The van der Waals surface area contributed by atoms with E-state index in [1.54, 1.807) is 35.7 Å². The van der Waals surface area contributed by atoms with Crippen molar-refractivity contribution in [2.45, 2.75) is 63.3 Å². The van der Waals surface area contributed by atoms with Crippen LogP contribution in [0, 0.1) is 0 Å². The zero-order valence-corrected chi connectivity index (χ0v) is 19.2. The van der Waals surface area contributed by atoms with E-state index >= 15 is 0 Å². The van der Waals surface area contributed by atoms with Crippen LogP contribution < -0.4 is 10.6 Å². The molecule has 1 unspecified atom stereocenters. The Kier molecular flexibility index (Phi) is 5.73. The van der Waals surface area contributed by atoms with E-state index in [1.807, 2.05) is 34.2 Å². The van der Waals surface area contributed by atoms with E-state index in [4.69, 9.17) is 0 Å². The smallest absolute Gasteiger partial charge is 0.272 e. The number of pyridine rings is 1. The topological polar surface area (TPSA) is 79.3 Å². The molecule has 168 valence electrons. The van der Waals surface area contributed by atoms with E-state index in [0.29, 0.717) is 18.8 Å². The standard InChI is InChI=1S/C24H29N5O2S/c1-25-24(23(31)27-18-8-4-2-3-5-9-18)16-28-19-10-12-32-21(19)13-20(28)22(30)29(24)15-17-7-6-11-26-14-17/h6-7,10-14,18,25H,2-5,8-9,15-16H2,1H3,(H,27,31). The number of likely N-dealkylation sites (N-methyl/N-ethyl adjacent to an activating group) is 1. The van der Waals surface area contributed by atoms with Crippen molar-refractivity contribution in [2.24, 2.45) is 0 Å². The zero-order valence-electron chi connectivity index (χ0n) is 18.3. The van der Waals surface area contributed by atoms with Gasteiger partial charge in [-0.3, -0.25) is 19.9 Å². The summed E-state index contributed by atoms with van der Waals surface area (Å²) in [4.78, 5) is 33.6. The van der Waals surface area contributed by atoms with E-state index in [9.17, 15) is 9.59 Å². The molecular formula is C24H29N5O2S. The highest BCUT2D eigenvalue weighted by molar-refractivity contribution is 7.17. The zero-order chi connectivity index (χ0) is 22.1. The second-order valence-electron chi connectivity index (χ2n) is 8.81. The van der Waals surface area contributed by atoms with Crippen LogP contribution >= 0.6 is 11.3 Å². The molecule has 0 radical (unpaired) electrons. The first-order valence-electron chi connectivity index (χ1n) is 11.4. The number of carbonyl (C=O) groups excluding carboxylic acids is 2. The highest BCUT2D eigenvalue weighted by atomic mass is 32.1. The number of carbonyl (C=O) groups is 2. The third kappa shape index (κ3) is 3.61. The number of hydrogen-bond acceptors (Lipinski definition) is 5. The minimum absolute atomic E-state index is 0.133. The Morgan fingerprint density at radius 1 is 1.25 bits per heavy atom. The Bertz CT molecular complexity index is 1120. The summed E-state index contributed by atoms with van der Waals surface area (Å²) in [5.74, 6) is -0.277. The number of thiophene rings is 1. The number of nitrogens with one attached hydrogen (secondary N) is 2. The summed E-state index contributed by atoms with van der Waals surface area (Å²) in [6, 6.07) is 7.92. The molecule has 5 rings (SSSR count). The Morgan fingerprint density at radius 2 is 2.06 bits per heavy atom. The second-order valence-corrected chi connectivity index (χ2v) is 9.76. The average molecular weight is 452 g/mol. The first-order valence-corrected chi connectivity index (χ1v) is 12.3. The van der Waals surface area contributed by atoms with Gasteiger partial charge in [-0.2, -0.15) is 0 Å². The Balaban J connectivity index is 1.55. The van der Waals surface area contributed by atoms with E-state index in [2.05, 4.69) is 15.6 Å². The monoisotopic (exact) mass is 451 g/mol. The largest absolute Gasteiger partial charge is 0.350 e. The van der Waals surface area contributed by atoms with Gasteiger partial charge in [0.05, 0.1) is 16.8 Å². The van der Waals surface area contributed by atoms with Crippen LogP contribution in [0.5, 0.6) is 0 Å². The molecule has 1 aliphatic heterocycles. The molecule has 2 aliphatic rings. The summed E-state index contributed by atoms with van der Waals surface area (Å²) in [6.45, 7) is 0.675. The second kappa shape index (κ2) is 8.67. The first kappa shape index (κ1) is 21.2. The quantitative estimate of drug-likeness (QED) is 0.582. The minimum Gasteiger partial charge on any atom is -0.350 e. The maximum Gasteiger partial charge on any atom is 0.272 e. The van der Waals surface area contributed by atoms with Gasteiger partial charge >= 0.3 is 0 Å². The molecular weight excluding hydrogens is 422 g/mol. The Hall–Kier alpha value is -2.71. The van der Waals surface area contributed by atoms with Gasteiger partial charge in [0.15, 0.2) is 5.66 Å². The normalized spacial score (nSPS) is 22.0. The molecule has 3 aromatic heterocycles.